The molecule has 0 fully saturated rings. The van der Waals surface area contributed by atoms with Crippen molar-refractivity contribution in [3.63, 3.8) is 0 Å². The van der Waals surface area contributed by atoms with Gasteiger partial charge in [-0.15, -0.1) is 11.3 Å². The molecule has 0 radical (unpaired) electrons. The van der Waals surface area contributed by atoms with Crippen LogP contribution in [0.5, 0.6) is 11.5 Å². The van der Waals surface area contributed by atoms with E-state index in [-0.39, 0.29) is 5.82 Å². The van der Waals surface area contributed by atoms with Crippen LogP contribution in [0.4, 0.5) is 4.39 Å². The summed E-state index contributed by atoms with van der Waals surface area (Å²) in [5, 5.41) is 5.37. The highest BCUT2D eigenvalue weighted by atomic mass is 32.1. The van der Waals surface area contributed by atoms with Crippen LogP contribution in [0.15, 0.2) is 54.6 Å². The second-order valence-electron chi connectivity index (χ2n) is 6.10. The van der Waals surface area contributed by atoms with Crippen LogP contribution in [0.2, 0.25) is 0 Å². The monoisotopic (exact) mass is 396 g/mol. The molecule has 0 aliphatic rings. The van der Waals surface area contributed by atoms with E-state index >= 15 is 0 Å². The normalized spacial score (nSPS) is 11.0. The third kappa shape index (κ3) is 3.48. The number of esters is 1. The molecule has 0 saturated heterocycles. The average Bonchev–Trinajstić information content (AvgIpc) is 3.25. The molecule has 0 N–H and O–H groups in total. The number of fused-ring (bicyclic) bond motifs is 1. The second kappa shape index (κ2) is 7.44. The van der Waals surface area contributed by atoms with Gasteiger partial charge in [0.1, 0.15) is 27.0 Å². The predicted molar refractivity (Wildman–Crippen MR) is 106 cm³/mol. The molecule has 4 rings (SSSR count). The van der Waals surface area contributed by atoms with E-state index in [4.69, 9.17) is 9.47 Å². The third-order valence-corrected chi connectivity index (χ3v) is 5.25. The Kier molecular flexibility index (Phi) is 4.83. The number of nitrogens with zero attached hydrogens (tertiary/aromatic N) is 2. The molecule has 142 valence electrons. The summed E-state index contributed by atoms with van der Waals surface area (Å²) < 4.78 is 25.8. The Labute approximate surface area is 164 Å². The minimum atomic E-state index is -0.435. The Morgan fingerprint density at radius 2 is 1.79 bits per heavy atom. The van der Waals surface area contributed by atoms with Gasteiger partial charge in [0, 0.05) is 5.39 Å². The molecule has 0 atom stereocenters. The van der Waals surface area contributed by atoms with E-state index in [1.54, 1.807) is 47.1 Å². The summed E-state index contributed by atoms with van der Waals surface area (Å²) in [6.07, 6.45) is 0. The standard InChI is InChI=1S/C21H17FN2O3S/c1-3-26-16-8-10-17(11-9-16)27-21(25)19-12-18-13(2)23-24(20(18)28-19)15-6-4-14(22)5-7-15/h4-12H,3H2,1-2H3. The van der Waals surface area contributed by atoms with E-state index in [1.165, 1.54) is 23.5 Å². The zero-order chi connectivity index (χ0) is 19.7. The summed E-state index contributed by atoms with van der Waals surface area (Å²) in [5.74, 6) is 0.423. The van der Waals surface area contributed by atoms with Gasteiger partial charge >= 0.3 is 5.97 Å². The first-order chi connectivity index (χ1) is 13.5. The molecule has 0 unspecified atom stereocenters. The molecule has 0 saturated carbocycles. The predicted octanol–water partition coefficient (Wildman–Crippen LogP) is 5.15. The van der Waals surface area contributed by atoms with Crippen molar-refractivity contribution < 1.29 is 18.7 Å². The summed E-state index contributed by atoms with van der Waals surface area (Å²) in [6.45, 7) is 4.35. The molecule has 2 aromatic heterocycles. The SMILES string of the molecule is CCOc1ccc(OC(=O)c2cc3c(C)nn(-c4ccc(F)cc4)c3s2)cc1. The van der Waals surface area contributed by atoms with Crippen molar-refractivity contribution in [1.82, 2.24) is 9.78 Å². The van der Waals surface area contributed by atoms with Crippen LogP contribution in [0.3, 0.4) is 0 Å². The summed E-state index contributed by atoms with van der Waals surface area (Å²) in [6, 6.07) is 14.8. The lowest BCUT2D eigenvalue weighted by atomic mass is 10.3. The topological polar surface area (TPSA) is 53.4 Å². The first kappa shape index (κ1) is 18.2. The molecule has 5 nitrogen and oxygen atoms in total. The zero-order valence-corrected chi connectivity index (χ0v) is 16.1. The van der Waals surface area contributed by atoms with E-state index in [1.807, 2.05) is 13.8 Å². The van der Waals surface area contributed by atoms with E-state index in [0.717, 1.165) is 27.3 Å². The number of aromatic nitrogens is 2. The molecule has 0 bridgehead atoms. The van der Waals surface area contributed by atoms with Crippen LogP contribution in [-0.2, 0) is 0 Å². The van der Waals surface area contributed by atoms with Gasteiger partial charge in [0.2, 0.25) is 0 Å². The van der Waals surface area contributed by atoms with Gasteiger partial charge in [-0.05, 0) is 68.4 Å². The van der Waals surface area contributed by atoms with Gasteiger partial charge in [-0.2, -0.15) is 5.10 Å². The molecule has 0 spiro atoms. The van der Waals surface area contributed by atoms with Crippen molar-refractivity contribution in [2.45, 2.75) is 13.8 Å². The molecule has 4 aromatic rings. The number of rotatable bonds is 5. The van der Waals surface area contributed by atoms with Crippen molar-refractivity contribution in [3.8, 4) is 17.2 Å². The van der Waals surface area contributed by atoms with Crippen LogP contribution < -0.4 is 9.47 Å². The number of carbonyl (C=O) groups excluding carboxylic acids is 1. The molecular weight excluding hydrogens is 379 g/mol. The maximum atomic E-state index is 13.2. The second-order valence-corrected chi connectivity index (χ2v) is 7.13. The van der Waals surface area contributed by atoms with E-state index in [9.17, 15) is 9.18 Å². The summed E-state index contributed by atoms with van der Waals surface area (Å²) in [7, 11) is 0. The Morgan fingerprint density at radius 3 is 2.46 bits per heavy atom. The van der Waals surface area contributed by atoms with Gasteiger partial charge in [-0.1, -0.05) is 0 Å². The number of hydrogen-bond donors (Lipinski definition) is 0. The van der Waals surface area contributed by atoms with Crippen molar-refractivity contribution in [2.24, 2.45) is 0 Å². The number of halogens is 1. The largest absolute Gasteiger partial charge is 0.494 e. The van der Waals surface area contributed by atoms with Gasteiger partial charge in [-0.25, -0.2) is 13.9 Å². The lowest BCUT2D eigenvalue weighted by molar-refractivity contribution is 0.0739. The van der Waals surface area contributed by atoms with Crippen molar-refractivity contribution in [1.29, 1.82) is 0 Å². The smallest absolute Gasteiger partial charge is 0.353 e. The van der Waals surface area contributed by atoms with Crippen molar-refractivity contribution >= 4 is 27.5 Å². The molecule has 7 heteroatoms. The summed E-state index contributed by atoms with van der Waals surface area (Å²) in [5.41, 5.74) is 1.52. The number of benzene rings is 2. The number of thiophene rings is 1. The first-order valence-electron chi connectivity index (χ1n) is 8.75. The zero-order valence-electron chi connectivity index (χ0n) is 15.3. The number of aryl methyl sites for hydroxylation is 1. The van der Waals surface area contributed by atoms with Crippen LogP contribution >= 0.6 is 11.3 Å². The van der Waals surface area contributed by atoms with Crippen molar-refractivity contribution in [3.05, 3.63) is 71.0 Å². The lowest BCUT2D eigenvalue weighted by Gasteiger charge is -2.05. The Bertz CT molecular complexity index is 1130. The Balaban J connectivity index is 1.61. The van der Waals surface area contributed by atoms with Crippen molar-refractivity contribution in [2.75, 3.05) is 6.61 Å². The highest BCUT2D eigenvalue weighted by molar-refractivity contribution is 7.20. The fourth-order valence-electron chi connectivity index (χ4n) is 2.83. The molecule has 0 aliphatic heterocycles. The number of hydrogen-bond acceptors (Lipinski definition) is 5. The Hall–Kier alpha value is -3.19. The van der Waals surface area contributed by atoms with Crippen LogP contribution in [-0.4, -0.2) is 22.4 Å². The molecule has 0 amide bonds. The Morgan fingerprint density at radius 1 is 1.11 bits per heavy atom. The quantitative estimate of drug-likeness (QED) is 0.346. The average molecular weight is 396 g/mol. The third-order valence-electron chi connectivity index (χ3n) is 4.16. The minimum Gasteiger partial charge on any atom is -0.494 e. The highest BCUT2D eigenvalue weighted by Crippen LogP contribution is 2.31. The van der Waals surface area contributed by atoms with Gasteiger partial charge in [0.15, 0.2) is 0 Å². The van der Waals surface area contributed by atoms with E-state index in [2.05, 4.69) is 5.10 Å². The van der Waals surface area contributed by atoms with Gasteiger partial charge in [-0.3, -0.25) is 0 Å². The highest BCUT2D eigenvalue weighted by Gasteiger charge is 2.18. The van der Waals surface area contributed by atoms with Gasteiger partial charge < -0.3 is 9.47 Å². The molecular formula is C21H17FN2O3S. The van der Waals surface area contributed by atoms with Crippen LogP contribution in [0, 0.1) is 12.7 Å². The molecule has 0 aliphatic carbocycles. The molecule has 2 aromatic carbocycles. The molecule has 28 heavy (non-hydrogen) atoms. The van der Waals surface area contributed by atoms with Crippen LogP contribution in [0.25, 0.3) is 15.9 Å². The summed E-state index contributed by atoms with van der Waals surface area (Å²) in [4.78, 5) is 13.9. The fraction of sp³-hybridized carbons (Fsp3) is 0.143. The van der Waals surface area contributed by atoms with E-state index in [0.29, 0.717) is 17.2 Å². The summed E-state index contributed by atoms with van der Waals surface area (Å²) >= 11 is 1.29. The van der Waals surface area contributed by atoms with Gasteiger partial charge in [0.25, 0.3) is 0 Å². The molecule has 2 heterocycles. The maximum Gasteiger partial charge on any atom is 0.353 e. The lowest BCUT2D eigenvalue weighted by Crippen LogP contribution is -2.06. The van der Waals surface area contributed by atoms with Gasteiger partial charge in [0.05, 0.1) is 18.0 Å². The fourth-order valence-corrected chi connectivity index (χ4v) is 3.89. The number of ether oxygens (including phenoxy) is 2. The minimum absolute atomic E-state index is 0.310. The first-order valence-corrected chi connectivity index (χ1v) is 9.57. The number of carbonyl (C=O) groups is 1. The van der Waals surface area contributed by atoms with E-state index < -0.39 is 5.97 Å². The van der Waals surface area contributed by atoms with Crippen LogP contribution in [0.1, 0.15) is 22.3 Å². The maximum absolute atomic E-state index is 13.2.